The minimum Gasteiger partial charge on any atom is -0.382 e. The molecule has 1 saturated heterocycles. The zero-order valence-corrected chi connectivity index (χ0v) is 46.6. The number of carbonyl (C=O) groups is 2. The molecule has 3 aromatic carbocycles. The summed E-state index contributed by atoms with van der Waals surface area (Å²) in [4.78, 5) is 34.8. The largest absolute Gasteiger partial charge is 0.406 e. The van der Waals surface area contributed by atoms with Crippen molar-refractivity contribution >= 4 is 75.2 Å². The highest BCUT2D eigenvalue weighted by atomic mass is 35.5. The number of aryl methyl sites for hydroxylation is 2. The van der Waals surface area contributed by atoms with Crippen molar-refractivity contribution in [2.24, 2.45) is 4.99 Å². The third-order valence-electron chi connectivity index (χ3n) is 14.2. The molecule has 0 unspecified atom stereocenters. The minimum absolute atomic E-state index is 0.0190. The van der Waals surface area contributed by atoms with Crippen molar-refractivity contribution in [1.29, 1.82) is 0 Å². The highest BCUT2D eigenvalue weighted by Crippen LogP contribution is 2.40. The molecule has 2 aliphatic heterocycles. The van der Waals surface area contributed by atoms with Crippen LogP contribution in [0.2, 0.25) is 5.02 Å². The molecule has 1 atom stereocenters. The lowest BCUT2D eigenvalue weighted by Gasteiger charge is -2.32. The predicted octanol–water partition coefficient (Wildman–Crippen LogP) is 11.3. The molecule has 0 radical (unpaired) electrons. The third kappa shape index (κ3) is 14.8. The molecule has 2 amide bonds. The van der Waals surface area contributed by atoms with Crippen molar-refractivity contribution in [3.05, 3.63) is 117 Å². The lowest BCUT2D eigenvalue weighted by atomic mass is 9.99. The Labute approximate surface area is 453 Å². The maximum Gasteiger partial charge on any atom is 0.406 e. The molecule has 404 valence electrons. The first kappa shape index (κ1) is 56.3. The topological polar surface area (TPSA) is 151 Å². The van der Waals surface area contributed by atoms with Gasteiger partial charge >= 0.3 is 6.18 Å². The fourth-order valence-electron chi connectivity index (χ4n) is 9.94. The number of piperidine rings is 1. The molecule has 0 bridgehead atoms. The standard InChI is InChI=1S/C57H69ClF3N10O3PS/c1-38-39(2)76-56-53(38)54(41-19-21-42(58)22-20-41)66-49(55-68-67-40(3)71(55)56)35-51(72)63-29-12-10-8-6-7-9-11-13-30-64-52(73)36-69-32-27-44(28-33-69)65-48-17-14-18-50-47(48)34-45(70(50)37-57(59,60)61)16-15-31-62-43-23-25-46(26-24-43)75(4,5)74/h14,17-26,34,44,49,62,65H,6-13,27-33,35-37H2,1-5H3,(H,63,72)(H,64,73)/t49-/m0/s1. The molecule has 0 saturated carbocycles. The van der Waals surface area contributed by atoms with Crippen LogP contribution in [0.1, 0.15) is 116 Å². The Hall–Kier alpha value is -5.92. The number of halogens is 4. The van der Waals surface area contributed by atoms with Gasteiger partial charge in [0.2, 0.25) is 11.8 Å². The lowest BCUT2D eigenvalue weighted by molar-refractivity contribution is -0.140. The number of hydrogen-bond acceptors (Lipinski definition) is 10. The maximum atomic E-state index is 13.8. The number of nitrogens with one attached hydrogen (secondary N) is 4. The van der Waals surface area contributed by atoms with E-state index < -0.39 is 25.9 Å². The molecule has 0 aliphatic carbocycles. The van der Waals surface area contributed by atoms with Gasteiger partial charge in [-0.1, -0.05) is 74.2 Å². The average Bonchev–Trinajstić information content (AvgIpc) is 4.01. The number of fused-ring (bicyclic) bond motifs is 4. The van der Waals surface area contributed by atoms with Gasteiger partial charge in [-0.15, -0.1) is 21.5 Å². The molecule has 4 N–H and O–H groups in total. The van der Waals surface area contributed by atoms with E-state index in [1.54, 1.807) is 55.0 Å². The number of hydrogen-bond donors (Lipinski definition) is 4. The molecule has 3 aromatic heterocycles. The van der Waals surface area contributed by atoms with Crippen molar-refractivity contribution in [3.8, 4) is 16.8 Å². The van der Waals surface area contributed by atoms with Crippen LogP contribution in [0.15, 0.2) is 77.8 Å². The summed E-state index contributed by atoms with van der Waals surface area (Å²) >= 11 is 7.94. The Morgan fingerprint density at radius 2 is 1.51 bits per heavy atom. The molecule has 2 aliphatic rings. The number of alkyl halides is 3. The summed E-state index contributed by atoms with van der Waals surface area (Å²) in [6, 6.07) is 21.6. The van der Waals surface area contributed by atoms with E-state index in [2.05, 4.69) is 66.6 Å². The Morgan fingerprint density at radius 1 is 0.855 bits per heavy atom. The number of unbranched alkanes of at least 4 members (excludes halogenated alkanes) is 7. The van der Waals surface area contributed by atoms with Crippen molar-refractivity contribution < 1.29 is 27.3 Å². The number of likely N-dealkylation sites (tertiary alicyclic amines) is 1. The van der Waals surface area contributed by atoms with Gasteiger partial charge in [0.1, 0.15) is 30.6 Å². The number of thiophene rings is 1. The number of anilines is 2. The van der Waals surface area contributed by atoms with E-state index in [1.807, 2.05) is 49.4 Å². The van der Waals surface area contributed by atoms with E-state index in [4.69, 9.17) is 16.6 Å². The van der Waals surface area contributed by atoms with E-state index in [-0.39, 0.29) is 36.5 Å². The summed E-state index contributed by atoms with van der Waals surface area (Å²) < 4.78 is 57.1. The van der Waals surface area contributed by atoms with Crippen LogP contribution in [0.25, 0.3) is 15.9 Å². The van der Waals surface area contributed by atoms with Crippen LogP contribution < -0.4 is 26.6 Å². The normalized spacial score (nSPS) is 15.1. The summed E-state index contributed by atoms with van der Waals surface area (Å²) in [7, 11) is -2.38. The van der Waals surface area contributed by atoms with Crippen molar-refractivity contribution in [2.75, 3.05) is 63.2 Å². The predicted molar refractivity (Wildman–Crippen MR) is 303 cm³/mol. The van der Waals surface area contributed by atoms with Crippen molar-refractivity contribution in [1.82, 2.24) is 34.9 Å². The molecule has 5 heterocycles. The first-order valence-electron chi connectivity index (χ1n) is 26.4. The smallest absolute Gasteiger partial charge is 0.382 e. The molecular weight excluding hydrogens is 1030 g/mol. The Morgan fingerprint density at radius 3 is 2.17 bits per heavy atom. The van der Waals surface area contributed by atoms with Crippen molar-refractivity contribution in [2.45, 2.75) is 116 Å². The zero-order chi connectivity index (χ0) is 54.0. The van der Waals surface area contributed by atoms with Gasteiger partial charge in [-0.05, 0) is 126 Å². The summed E-state index contributed by atoms with van der Waals surface area (Å²) in [6.45, 7) is 11.7. The van der Waals surface area contributed by atoms with Crippen LogP contribution in [0.4, 0.5) is 24.5 Å². The van der Waals surface area contributed by atoms with E-state index in [9.17, 15) is 27.3 Å². The van der Waals surface area contributed by atoms with Crippen LogP contribution >= 0.6 is 30.1 Å². The maximum absolute atomic E-state index is 13.8. The number of aromatic nitrogens is 4. The van der Waals surface area contributed by atoms with E-state index in [1.165, 1.54) is 9.44 Å². The molecule has 8 rings (SSSR count). The third-order valence-corrected chi connectivity index (χ3v) is 17.2. The van der Waals surface area contributed by atoms with Gasteiger partial charge in [-0.3, -0.25) is 24.0 Å². The second-order valence-corrected chi connectivity index (χ2v) is 25.2. The molecule has 76 heavy (non-hydrogen) atoms. The lowest BCUT2D eigenvalue weighted by Crippen LogP contribution is -2.44. The van der Waals surface area contributed by atoms with Crippen LogP contribution in [0.5, 0.6) is 0 Å². The Kier molecular flexibility index (Phi) is 18.9. The van der Waals surface area contributed by atoms with E-state index in [0.29, 0.717) is 41.4 Å². The van der Waals surface area contributed by atoms with Gasteiger partial charge in [0.25, 0.3) is 0 Å². The van der Waals surface area contributed by atoms with Crippen LogP contribution in [-0.4, -0.2) is 107 Å². The highest BCUT2D eigenvalue weighted by Gasteiger charge is 2.33. The quantitative estimate of drug-likeness (QED) is 0.0298. The van der Waals surface area contributed by atoms with Gasteiger partial charge in [0.15, 0.2) is 5.82 Å². The molecule has 19 heteroatoms. The Bertz CT molecular complexity index is 3120. The monoisotopic (exact) mass is 1100 g/mol. The highest BCUT2D eigenvalue weighted by molar-refractivity contribution is 7.70. The SMILES string of the molecule is Cc1sc2c(c1C)C(c1ccc(Cl)cc1)=N[C@@H](CC(=O)NCCCCCCCCCCNC(=O)CN1CCC(Nc3cccc4c3cc(C#CCNc3ccc(P(C)(C)=O)cc3)n4CC(F)(F)F)CC1)c1nnc(C)n1-2. The van der Waals surface area contributed by atoms with E-state index in [0.717, 1.165) is 127 Å². The molecule has 13 nitrogen and oxygen atoms in total. The first-order chi connectivity index (χ1) is 36.4. The van der Waals surface area contributed by atoms with Gasteiger partial charge in [-0.25, -0.2) is 0 Å². The molecular formula is C57H69ClF3N10O3PS. The second kappa shape index (κ2) is 25.5. The van der Waals surface area contributed by atoms with Crippen LogP contribution in [0.3, 0.4) is 0 Å². The number of carbonyl (C=O) groups excluding carboxylic acids is 2. The summed E-state index contributed by atoms with van der Waals surface area (Å²) in [5, 5.41) is 25.0. The number of benzene rings is 3. The first-order valence-corrected chi connectivity index (χ1v) is 30.2. The zero-order valence-electron chi connectivity index (χ0n) is 44.1. The van der Waals surface area contributed by atoms with Gasteiger partial charge < -0.3 is 30.4 Å². The molecule has 1 fully saturated rings. The average molecular weight is 1100 g/mol. The number of aliphatic imine (C=N–C) groups is 1. The van der Waals surface area contributed by atoms with Gasteiger partial charge in [0.05, 0.1) is 36.4 Å². The van der Waals surface area contributed by atoms with Crippen molar-refractivity contribution in [3.63, 3.8) is 0 Å². The number of rotatable bonds is 22. The van der Waals surface area contributed by atoms with E-state index >= 15 is 0 Å². The van der Waals surface area contributed by atoms with Crippen LogP contribution in [-0.2, 0) is 20.7 Å². The summed E-state index contributed by atoms with van der Waals surface area (Å²) in [5.41, 5.74) is 6.23. The van der Waals surface area contributed by atoms with Gasteiger partial charge in [-0.2, -0.15) is 13.2 Å². The molecule has 0 spiro atoms. The number of nitrogens with zero attached hydrogens (tertiary/aromatic N) is 6. The summed E-state index contributed by atoms with van der Waals surface area (Å²) in [5.74, 6) is 7.32. The summed E-state index contributed by atoms with van der Waals surface area (Å²) in [6.07, 6.45) is 5.70. The fourth-order valence-corrected chi connectivity index (χ4v) is 12.2. The van der Waals surface area contributed by atoms with Crippen LogP contribution in [0, 0.1) is 32.6 Å². The fraction of sp³-hybridized carbons (Fsp3) is 0.456. The minimum atomic E-state index is -4.43. The Balaban J connectivity index is 0.696. The number of amides is 2. The van der Waals surface area contributed by atoms with Gasteiger partial charge in [0, 0.05) is 75.3 Å². The molecule has 6 aromatic rings. The second-order valence-electron chi connectivity index (χ2n) is 20.4.